The third kappa shape index (κ3) is 4.55. The van der Waals surface area contributed by atoms with Crippen LogP contribution in [0, 0.1) is 17.8 Å². The number of rotatable bonds is 7. The van der Waals surface area contributed by atoms with Gasteiger partial charge in [-0.25, -0.2) is 0 Å². The summed E-state index contributed by atoms with van der Waals surface area (Å²) in [5.41, 5.74) is 2.80. The van der Waals surface area contributed by atoms with Crippen LogP contribution >= 0.6 is 39.1 Å². The van der Waals surface area contributed by atoms with E-state index in [2.05, 4.69) is 21.2 Å². The Labute approximate surface area is 289 Å². The number of carbonyl (C=O) groups is 4. The minimum Gasteiger partial charge on any atom is -0.504 e. The molecule has 2 aliphatic carbocycles. The number of imide groups is 2. The number of hydrogen-bond donors (Lipinski definition) is 2. The molecule has 1 saturated carbocycles. The van der Waals surface area contributed by atoms with Crippen molar-refractivity contribution in [1.29, 1.82) is 0 Å². The van der Waals surface area contributed by atoms with Gasteiger partial charge in [0, 0.05) is 22.9 Å². The zero-order valence-corrected chi connectivity index (χ0v) is 28.3. The average molecular weight is 739 g/mol. The van der Waals surface area contributed by atoms with Crippen LogP contribution in [0.3, 0.4) is 0 Å². The Bertz CT molecular complexity index is 1840. The second kappa shape index (κ2) is 11.7. The van der Waals surface area contributed by atoms with Crippen molar-refractivity contribution in [3.05, 3.63) is 90.0 Å². The zero-order chi connectivity index (χ0) is 33.2. The zero-order valence-electron chi connectivity index (χ0n) is 25.2. The van der Waals surface area contributed by atoms with Crippen molar-refractivity contribution in [2.75, 3.05) is 22.3 Å². The standard InChI is InChI=1S/C35H30BrCl2N3O6/c1-2-47-26-10-6-9-24(29(26)42)28-22-15-16-23-27(25(22)17-34(37)32(45)40(18-36)33(46)35(28,34)38)31(44)41(30(23)43)21-13-11-20(12-14-21)39-19-7-4-3-5-8-19/h3-15,23,25,27-28,39,42H,2,16-18H2,1H3. The average Bonchev–Trinajstić information content (AvgIpc) is 3.41. The number of amides is 4. The molecule has 12 heteroatoms. The first-order chi connectivity index (χ1) is 22.6. The highest BCUT2D eigenvalue weighted by Gasteiger charge is 2.76. The molecular formula is C35H30BrCl2N3O6. The number of para-hydroxylation sites is 2. The van der Waals surface area contributed by atoms with Crippen molar-refractivity contribution in [1.82, 2.24) is 4.90 Å². The molecule has 0 aromatic heterocycles. The number of likely N-dealkylation sites (tertiary alicyclic amines) is 1. The molecule has 0 bridgehead atoms. The van der Waals surface area contributed by atoms with E-state index >= 15 is 0 Å². The van der Waals surface area contributed by atoms with Crippen LogP contribution in [0.1, 0.15) is 31.2 Å². The van der Waals surface area contributed by atoms with E-state index in [1.54, 1.807) is 49.4 Å². The molecular weight excluding hydrogens is 709 g/mol. The molecule has 0 spiro atoms. The molecule has 2 heterocycles. The van der Waals surface area contributed by atoms with Gasteiger partial charge in [0.1, 0.15) is 0 Å². The summed E-state index contributed by atoms with van der Waals surface area (Å²) in [6.45, 7) is 2.04. The molecule has 242 valence electrons. The smallest absolute Gasteiger partial charge is 0.254 e. The van der Waals surface area contributed by atoms with E-state index in [4.69, 9.17) is 27.9 Å². The molecule has 2 N–H and O–H groups in total. The highest BCUT2D eigenvalue weighted by molar-refractivity contribution is 9.09. The van der Waals surface area contributed by atoms with Crippen LogP contribution in [0.5, 0.6) is 11.5 Å². The van der Waals surface area contributed by atoms with Crippen LogP contribution in [-0.4, -0.2) is 55.4 Å². The number of hydrogen-bond acceptors (Lipinski definition) is 7. The minimum atomic E-state index is -2.02. The monoisotopic (exact) mass is 737 g/mol. The van der Waals surface area contributed by atoms with Gasteiger partial charge in [0.2, 0.25) is 11.8 Å². The molecule has 6 unspecified atom stereocenters. The fourth-order valence-electron chi connectivity index (χ4n) is 7.78. The summed E-state index contributed by atoms with van der Waals surface area (Å²) >= 11 is 17.8. The predicted molar refractivity (Wildman–Crippen MR) is 181 cm³/mol. The molecule has 3 fully saturated rings. The summed E-state index contributed by atoms with van der Waals surface area (Å²) in [5, 5.41) is 14.7. The number of allylic oxidation sites excluding steroid dienone is 2. The maximum atomic E-state index is 14.3. The van der Waals surface area contributed by atoms with Crippen LogP contribution < -0.4 is 15.0 Å². The maximum Gasteiger partial charge on any atom is 0.254 e. The van der Waals surface area contributed by atoms with E-state index in [9.17, 15) is 24.3 Å². The van der Waals surface area contributed by atoms with Crippen LogP contribution in [0.25, 0.3) is 0 Å². The molecule has 2 aliphatic heterocycles. The fourth-order valence-corrected chi connectivity index (χ4v) is 9.20. The number of fused-ring (bicyclic) bond motifs is 4. The van der Waals surface area contributed by atoms with Gasteiger partial charge < -0.3 is 15.2 Å². The van der Waals surface area contributed by atoms with Crippen molar-refractivity contribution >= 4 is 79.8 Å². The van der Waals surface area contributed by atoms with Crippen LogP contribution in [0.15, 0.2) is 84.4 Å². The largest absolute Gasteiger partial charge is 0.504 e. The Balaban J connectivity index is 1.29. The van der Waals surface area contributed by atoms with Crippen molar-refractivity contribution < 1.29 is 29.0 Å². The van der Waals surface area contributed by atoms with E-state index in [1.165, 1.54) is 4.90 Å². The van der Waals surface area contributed by atoms with Crippen LogP contribution in [0.4, 0.5) is 17.1 Å². The summed E-state index contributed by atoms with van der Waals surface area (Å²) in [7, 11) is 0. The second-order valence-corrected chi connectivity index (χ2v) is 13.9. The molecule has 3 aromatic rings. The number of aromatic hydroxyl groups is 1. The Hall–Kier alpha value is -3.86. The van der Waals surface area contributed by atoms with Crippen molar-refractivity contribution in [3.63, 3.8) is 0 Å². The molecule has 47 heavy (non-hydrogen) atoms. The molecule has 4 aliphatic rings. The Morgan fingerprint density at radius 1 is 0.915 bits per heavy atom. The van der Waals surface area contributed by atoms with E-state index < -0.39 is 51.1 Å². The summed E-state index contributed by atoms with van der Waals surface area (Å²) in [6, 6.07) is 21.5. The lowest BCUT2D eigenvalue weighted by molar-refractivity contribution is -0.138. The number of halogens is 3. The second-order valence-electron chi connectivity index (χ2n) is 12.2. The van der Waals surface area contributed by atoms with Crippen molar-refractivity contribution in [2.24, 2.45) is 17.8 Å². The first-order valence-electron chi connectivity index (χ1n) is 15.3. The predicted octanol–water partition coefficient (Wildman–Crippen LogP) is 6.45. The Morgan fingerprint density at radius 3 is 2.30 bits per heavy atom. The number of anilines is 3. The lowest BCUT2D eigenvalue weighted by Gasteiger charge is -2.50. The van der Waals surface area contributed by atoms with Gasteiger partial charge in [-0.1, -0.05) is 57.9 Å². The van der Waals surface area contributed by atoms with Gasteiger partial charge in [-0.3, -0.25) is 29.0 Å². The fraction of sp³-hybridized carbons (Fsp3) is 0.314. The quantitative estimate of drug-likeness (QED) is 0.124. The summed E-state index contributed by atoms with van der Waals surface area (Å²) in [5.74, 6) is -5.60. The summed E-state index contributed by atoms with van der Waals surface area (Å²) in [6.07, 6.45) is 1.90. The highest BCUT2D eigenvalue weighted by Crippen LogP contribution is 2.66. The SMILES string of the molecule is CCOc1cccc(C2C3=CCC4C(=O)N(c5ccc(Nc6ccccc6)cc5)C(=O)C4C3CC3(Cl)C(=O)N(CBr)C(=O)C23Cl)c1O. The van der Waals surface area contributed by atoms with Crippen molar-refractivity contribution in [2.45, 2.75) is 35.4 Å². The number of phenols is 1. The normalized spacial score (nSPS) is 29.7. The molecule has 7 rings (SSSR count). The van der Waals surface area contributed by atoms with E-state index in [0.717, 1.165) is 16.3 Å². The molecule has 9 nitrogen and oxygen atoms in total. The first-order valence-corrected chi connectivity index (χ1v) is 17.2. The van der Waals surface area contributed by atoms with E-state index in [-0.39, 0.29) is 47.9 Å². The molecule has 4 amide bonds. The number of benzene rings is 3. The Kier molecular flexibility index (Phi) is 7.88. The van der Waals surface area contributed by atoms with Gasteiger partial charge in [0.25, 0.3) is 11.8 Å². The molecule has 6 atom stereocenters. The van der Waals surface area contributed by atoms with Crippen LogP contribution in [-0.2, 0) is 19.2 Å². The number of phenolic OH excluding ortho intramolecular Hbond substituents is 1. The lowest BCUT2D eigenvalue weighted by Crippen LogP contribution is -2.60. The van der Waals surface area contributed by atoms with E-state index in [1.807, 2.05) is 36.4 Å². The van der Waals surface area contributed by atoms with Gasteiger partial charge in [-0.2, -0.15) is 0 Å². The van der Waals surface area contributed by atoms with Gasteiger partial charge in [0.15, 0.2) is 21.2 Å². The maximum absolute atomic E-state index is 14.3. The number of ether oxygens (including phenoxy) is 1. The lowest BCUT2D eigenvalue weighted by atomic mass is 9.56. The summed E-state index contributed by atoms with van der Waals surface area (Å²) in [4.78, 5) is 54.3. The van der Waals surface area contributed by atoms with Gasteiger partial charge in [0.05, 0.1) is 29.6 Å². The van der Waals surface area contributed by atoms with Gasteiger partial charge in [-0.05, 0) is 68.1 Å². The number of carbonyl (C=O) groups excluding carboxylic acids is 4. The van der Waals surface area contributed by atoms with Gasteiger partial charge >= 0.3 is 0 Å². The van der Waals surface area contributed by atoms with Crippen molar-refractivity contribution in [3.8, 4) is 11.5 Å². The number of alkyl halides is 3. The highest BCUT2D eigenvalue weighted by atomic mass is 79.9. The molecule has 2 saturated heterocycles. The summed E-state index contributed by atoms with van der Waals surface area (Å²) < 4.78 is 5.64. The topological polar surface area (TPSA) is 116 Å². The third-order valence-corrected chi connectivity index (χ3v) is 11.8. The molecule has 0 radical (unpaired) electrons. The minimum absolute atomic E-state index is 0.138. The number of nitrogens with one attached hydrogen (secondary N) is 1. The first kappa shape index (κ1) is 31.7. The van der Waals surface area contributed by atoms with E-state index in [0.29, 0.717) is 11.3 Å². The molecule has 3 aromatic carbocycles. The van der Waals surface area contributed by atoms with Crippen LogP contribution in [0.2, 0.25) is 0 Å². The Morgan fingerprint density at radius 2 is 1.62 bits per heavy atom. The third-order valence-electron chi connectivity index (χ3n) is 9.84. The number of nitrogens with zero attached hydrogens (tertiary/aromatic N) is 2. The van der Waals surface area contributed by atoms with Gasteiger partial charge in [-0.15, -0.1) is 23.2 Å².